The average Bonchev–Trinajstić information content (AvgIpc) is 2.71. The summed E-state index contributed by atoms with van der Waals surface area (Å²) in [5.74, 6) is 1.81. The number of rotatable bonds is 5. The van der Waals surface area contributed by atoms with Crippen LogP contribution in [0, 0.1) is 5.92 Å². The highest BCUT2D eigenvalue weighted by Crippen LogP contribution is 2.20. The zero-order valence-electron chi connectivity index (χ0n) is 10.4. The van der Waals surface area contributed by atoms with Crippen LogP contribution in [0.2, 0.25) is 5.28 Å². The molecule has 17 heavy (non-hydrogen) atoms. The molecule has 1 aliphatic rings. The van der Waals surface area contributed by atoms with Crippen molar-refractivity contribution in [2.45, 2.75) is 45.6 Å². The van der Waals surface area contributed by atoms with Gasteiger partial charge in [0.2, 0.25) is 5.28 Å². The van der Waals surface area contributed by atoms with Crippen molar-refractivity contribution in [3.8, 4) is 0 Å². The molecule has 1 fully saturated rings. The van der Waals surface area contributed by atoms with Crippen LogP contribution in [0.5, 0.6) is 0 Å². The Morgan fingerprint density at radius 2 is 2.18 bits per heavy atom. The van der Waals surface area contributed by atoms with E-state index < -0.39 is 0 Å². The van der Waals surface area contributed by atoms with Gasteiger partial charge in [0.25, 0.3) is 0 Å². The average molecular weight is 258 g/mol. The van der Waals surface area contributed by atoms with Crippen LogP contribution < -0.4 is 0 Å². The Labute approximate surface area is 107 Å². The van der Waals surface area contributed by atoms with Crippen molar-refractivity contribution in [1.29, 1.82) is 0 Å². The zero-order valence-corrected chi connectivity index (χ0v) is 11.1. The lowest BCUT2D eigenvalue weighted by atomic mass is 9.95. The number of halogens is 1. The molecule has 1 aromatic rings. The van der Waals surface area contributed by atoms with Gasteiger partial charge in [-0.2, -0.15) is 0 Å². The molecule has 1 aliphatic heterocycles. The topological polar surface area (TPSA) is 39.9 Å². The van der Waals surface area contributed by atoms with Crippen LogP contribution in [0.15, 0.2) is 0 Å². The van der Waals surface area contributed by atoms with E-state index in [1.54, 1.807) is 0 Å². The van der Waals surface area contributed by atoms with Crippen LogP contribution in [-0.4, -0.2) is 28.0 Å². The first-order chi connectivity index (χ1) is 8.29. The van der Waals surface area contributed by atoms with Crippen molar-refractivity contribution in [2.75, 3.05) is 13.2 Å². The second-order valence-electron chi connectivity index (χ2n) is 4.57. The minimum Gasteiger partial charge on any atom is -0.381 e. The van der Waals surface area contributed by atoms with Gasteiger partial charge in [-0.05, 0) is 43.2 Å². The Morgan fingerprint density at radius 1 is 1.41 bits per heavy atom. The smallest absolute Gasteiger partial charge is 0.242 e. The first kappa shape index (κ1) is 12.8. The molecule has 1 aromatic heterocycles. The van der Waals surface area contributed by atoms with Crippen LogP contribution in [0.1, 0.15) is 38.4 Å². The Kier molecular flexibility index (Phi) is 4.80. The molecule has 0 N–H and O–H groups in total. The van der Waals surface area contributed by atoms with E-state index in [-0.39, 0.29) is 0 Å². The summed E-state index contributed by atoms with van der Waals surface area (Å²) in [5, 5.41) is 4.58. The van der Waals surface area contributed by atoms with Gasteiger partial charge in [-0.1, -0.05) is 6.92 Å². The molecule has 1 saturated heterocycles. The van der Waals surface area contributed by atoms with Crippen molar-refractivity contribution >= 4 is 11.6 Å². The lowest BCUT2D eigenvalue weighted by molar-refractivity contribution is 0.0628. The molecule has 0 spiro atoms. The molecule has 0 amide bonds. The second-order valence-corrected chi connectivity index (χ2v) is 4.91. The van der Waals surface area contributed by atoms with Crippen molar-refractivity contribution in [2.24, 2.45) is 5.92 Å². The van der Waals surface area contributed by atoms with Gasteiger partial charge in [-0.3, -0.25) is 0 Å². The Bertz CT molecular complexity index is 348. The molecule has 0 aliphatic carbocycles. The summed E-state index contributed by atoms with van der Waals surface area (Å²) in [7, 11) is 0. The van der Waals surface area contributed by atoms with Crippen LogP contribution in [0.3, 0.4) is 0 Å². The van der Waals surface area contributed by atoms with Gasteiger partial charge in [0, 0.05) is 26.2 Å². The molecule has 0 atom stereocenters. The number of nitrogens with zero attached hydrogens (tertiary/aromatic N) is 3. The number of aryl methyl sites for hydroxylation is 2. The summed E-state index contributed by atoms with van der Waals surface area (Å²) in [5.41, 5.74) is 0. The first-order valence-corrected chi connectivity index (χ1v) is 6.84. The van der Waals surface area contributed by atoms with Crippen molar-refractivity contribution in [1.82, 2.24) is 14.8 Å². The van der Waals surface area contributed by atoms with E-state index in [0.717, 1.165) is 44.3 Å². The Hall–Kier alpha value is -0.610. The minimum absolute atomic E-state index is 0.368. The third-order valence-corrected chi connectivity index (χ3v) is 3.52. The van der Waals surface area contributed by atoms with E-state index in [1.807, 2.05) is 4.68 Å². The summed E-state index contributed by atoms with van der Waals surface area (Å²) < 4.78 is 7.31. The van der Waals surface area contributed by atoms with E-state index in [0.29, 0.717) is 5.28 Å². The quantitative estimate of drug-likeness (QED) is 0.814. The van der Waals surface area contributed by atoms with Crippen LogP contribution in [0.25, 0.3) is 0 Å². The highest BCUT2D eigenvalue weighted by atomic mass is 35.5. The summed E-state index contributed by atoms with van der Waals surface area (Å²) in [6, 6.07) is 0. The Balaban J connectivity index is 1.76. The standard InChI is InChI=1S/C12H20ClN3O/c1-2-11-14-12(13)15-16(11)7-3-4-10-5-8-17-9-6-10/h10H,2-9H2,1H3. The van der Waals surface area contributed by atoms with Gasteiger partial charge in [0.15, 0.2) is 0 Å². The molecule has 96 valence electrons. The SMILES string of the molecule is CCc1nc(Cl)nn1CCCC1CCOCC1. The molecule has 2 heterocycles. The molecule has 0 radical (unpaired) electrons. The normalized spacial score (nSPS) is 17.5. The van der Waals surface area contributed by atoms with Gasteiger partial charge in [0.1, 0.15) is 5.82 Å². The number of ether oxygens (including phenoxy) is 1. The maximum atomic E-state index is 5.81. The van der Waals surface area contributed by atoms with Crippen LogP contribution in [0.4, 0.5) is 0 Å². The molecule has 5 heteroatoms. The molecular formula is C12H20ClN3O. The van der Waals surface area contributed by atoms with Crippen molar-refractivity contribution < 1.29 is 4.74 Å². The van der Waals surface area contributed by atoms with Crippen LogP contribution in [-0.2, 0) is 17.7 Å². The van der Waals surface area contributed by atoms with E-state index in [4.69, 9.17) is 16.3 Å². The third kappa shape index (κ3) is 3.68. The number of hydrogen-bond donors (Lipinski definition) is 0. The summed E-state index contributed by atoms with van der Waals surface area (Å²) in [6.07, 6.45) is 5.70. The monoisotopic (exact) mass is 257 g/mol. The predicted molar refractivity (Wildman–Crippen MR) is 67.2 cm³/mol. The van der Waals surface area contributed by atoms with Gasteiger partial charge in [-0.25, -0.2) is 9.67 Å². The van der Waals surface area contributed by atoms with Crippen LogP contribution >= 0.6 is 11.6 Å². The maximum absolute atomic E-state index is 5.81. The predicted octanol–water partition coefficient (Wildman–Crippen LogP) is 2.70. The molecule has 0 saturated carbocycles. The maximum Gasteiger partial charge on any atom is 0.242 e. The summed E-state index contributed by atoms with van der Waals surface area (Å²) in [4.78, 5) is 4.19. The fourth-order valence-electron chi connectivity index (χ4n) is 2.35. The minimum atomic E-state index is 0.368. The molecule has 4 nitrogen and oxygen atoms in total. The second kappa shape index (κ2) is 6.36. The van der Waals surface area contributed by atoms with Gasteiger partial charge < -0.3 is 4.74 Å². The first-order valence-electron chi connectivity index (χ1n) is 6.46. The number of hydrogen-bond acceptors (Lipinski definition) is 3. The van der Waals surface area contributed by atoms with Gasteiger partial charge in [-0.15, -0.1) is 5.10 Å². The molecule has 0 unspecified atom stereocenters. The fraction of sp³-hybridized carbons (Fsp3) is 0.833. The lowest BCUT2D eigenvalue weighted by Crippen LogP contribution is -2.16. The molecule has 0 aromatic carbocycles. The lowest BCUT2D eigenvalue weighted by Gasteiger charge is -2.21. The van der Waals surface area contributed by atoms with Crippen molar-refractivity contribution in [3.05, 3.63) is 11.1 Å². The largest absolute Gasteiger partial charge is 0.381 e. The van der Waals surface area contributed by atoms with Gasteiger partial charge >= 0.3 is 0 Å². The van der Waals surface area contributed by atoms with E-state index in [1.165, 1.54) is 19.3 Å². The summed E-state index contributed by atoms with van der Waals surface area (Å²) >= 11 is 5.81. The molecular weight excluding hydrogens is 238 g/mol. The number of aromatic nitrogens is 3. The zero-order chi connectivity index (χ0) is 12.1. The van der Waals surface area contributed by atoms with Gasteiger partial charge in [0.05, 0.1) is 0 Å². The van der Waals surface area contributed by atoms with Crippen molar-refractivity contribution in [3.63, 3.8) is 0 Å². The fourth-order valence-corrected chi connectivity index (χ4v) is 2.54. The highest BCUT2D eigenvalue weighted by Gasteiger charge is 2.14. The molecule has 0 bridgehead atoms. The Morgan fingerprint density at radius 3 is 2.88 bits per heavy atom. The van der Waals surface area contributed by atoms with E-state index >= 15 is 0 Å². The third-order valence-electron chi connectivity index (χ3n) is 3.36. The van der Waals surface area contributed by atoms with E-state index in [9.17, 15) is 0 Å². The molecule has 2 rings (SSSR count). The summed E-state index contributed by atoms with van der Waals surface area (Å²) in [6.45, 7) is 4.87. The van der Waals surface area contributed by atoms with E-state index in [2.05, 4.69) is 17.0 Å². The highest BCUT2D eigenvalue weighted by molar-refractivity contribution is 6.28.